The van der Waals surface area contributed by atoms with E-state index in [4.69, 9.17) is 12.2 Å². The SMILES string of the molecule is CC.CC.Cc1ccc(C(=S)c2ccccc2)cc1. The van der Waals surface area contributed by atoms with Gasteiger partial charge in [0.1, 0.15) is 0 Å². The molecule has 0 N–H and O–H groups in total. The van der Waals surface area contributed by atoms with E-state index >= 15 is 0 Å². The summed E-state index contributed by atoms with van der Waals surface area (Å²) >= 11 is 5.43. The molecule has 0 unspecified atom stereocenters. The van der Waals surface area contributed by atoms with E-state index in [0.29, 0.717) is 0 Å². The van der Waals surface area contributed by atoms with Gasteiger partial charge >= 0.3 is 0 Å². The predicted molar refractivity (Wildman–Crippen MR) is 91.1 cm³/mol. The van der Waals surface area contributed by atoms with E-state index < -0.39 is 0 Å². The van der Waals surface area contributed by atoms with Crippen LogP contribution in [-0.2, 0) is 0 Å². The van der Waals surface area contributed by atoms with Crippen LogP contribution < -0.4 is 0 Å². The summed E-state index contributed by atoms with van der Waals surface area (Å²) in [7, 11) is 0. The summed E-state index contributed by atoms with van der Waals surface area (Å²) in [6.07, 6.45) is 0. The minimum Gasteiger partial charge on any atom is -0.0788 e. The Labute approximate surface area is 123 Å². The van der Waals surface area contributed by atoms with Crippen LogP contribution >= 0.6 is 12.2 Å². The van der Waals surface area contributed by atoms with E-state index in [1.165, 1.54) is 5.56 Å². The van der Waals surface area contributed by atoms with Gasteiger partial charge in [-0.25, -0.2) is 0 Å². The maximum absolute atomic E-state index is 5.43. The van der Waals surface area contributed by atoms with Crippen LogP contribution in [0.3, 0.4) is 0 Å². The van der Waals surface area contributed by atoms with Crippen molar-refractivity contribution in [2.24, 2.45) is 0 Å². The molecule has 0 amide bonds. The van der Waals surface area contributed by atoms with Crippen LogP contribution in [0.5, 0.6) is 0 Å². The molecule has 0 aliphatic heterocycles. The van der Waals surface area contributed by atoms with Crippen molar-refractivity contribution in [1.29, 1.82) is 0 Å². The molecule has 0 nitrogen and oxygen atoms in total. The Balaban J connectivity index is 0.000000741. The summed E-state index contributed by atoms with van der Waals surface area (Å²) in [6, 6.07) is 18.4. The summed E-state index contributed by atoms with van der Waals surface area (Å²) in [5.74, 6) is 0. The highest BCUT2D eigenvalue weighted by Gasteiger charge is 2.02. The van der Waals surface area contributed by atoms with Crippen molar-refractivity contribution in [3.63, 3.8) is 0 Å². The Bertz CT molecular complexity index is 455. The standard InChI is InChI=1S/C14H12S.2C2H6/c1-11-7-9-13(10-8-11)14(15)12-5-3-2-4-6-12;2*1-2/h2-10H,1H3;2*1-2H3. The molecule has 0 aromatic heterocycles. The third-order valence-corrected chi connectivity index (χ3v) is 2.82. The molecule has 19 heavy (non-hydrogen) atoms. The number of aryl methyl sites for hydroxylation is 1. The fourth-order valence-corrected chi connectivity index (χ4v) is 1.73. The fourth-order valence-electron chi connectivity index (χ4n) is 1.46. The molecule has 0 bridgehead atoms. The van der Waals surface area contributed by atoms with Gasteiger partial charge in [-0.15, -0.1) is 0 Å². The van der Waals surface area contributed by atoms with E-state index in [9.17, 15) is 0 Å². The summed E-state index contributed by atoms with van der Waals surface area (Å²) in [6.45, 7) is 10.1. The van der Waals surface area contributed by atoms with E-state index in [1.54, 1.807) is 0 Å². The van der Waals surface area contributed by atoms with Crippen LogP contribution in [0, 0.1) is 6.92 Å². The third kappa shape index (κ3) is 5.80. The smallest absolute Gasteiger partial charge is 0.0521 e. The van der Waals surface area contributed by atoms with Crippen molar-refractivity contribution >= 4 is 17.1 Å². The van der Waals surface area contributed by atoms with Crippen LogP contribution in [0.25, 0.3) is 0 Å². The summed E-state index contributed by atoms with van der Waals surface area (Å²) in [5.41, 5.74) is 3.48. The van der Waals surface area contributed by atoms with Crippen molar-refractivity contribution < 1.29 is 0 Å². The molecule has 0 spiro atoms. The number of thiocarbonyl (C=S) groups is 1. The fraction of sp³-hybridized carbons (Fsp3) is 0.278. The molecular formula is C18H24S. The molecule has 0 saturated carbocycles. The second-order valence-electron chi connectivity index (χ2n) is 3.56. The maximum atomic E-state index is 5.43. The lowest BCUT2D eigenvalue weighted by Crippen LogP contribution is -1.98. The summed E-state index contributed by atoms with van der Waals surface area (Å²) < 4.78 is 0. The zero-order chi connectivity index (χ0) is 14.7. The average molecular weight is 272 g/mol. The molecule has 0 saturated heterocycles. The number of benzene rings is 2. The lowest BCUT2D eigenvalue weighted by Gasteiger charge is -2.04. The Morgan fingerprint density at radius 1 is 0.684 bits per heavy atom. The number of hydrogen-bond acceptors (Lipinski definition) is 1. The van der Waals surface area contributed by atoms with Gasteiger partial charge in [-0.05, 0) is 18.1 Å². The van der Waals surface area contributed by atoms with Gasteiger partial charge in [0.2, 0.25) is 0 Å². The Hall–Kier alpha value is -1.47. The van der Waals surface area contributed by atoms with Crippen LogP contribution in [0.15, 0.2) is 54.6 Å². The Morgan fingerprint density at radius 2 is 1.11 bits per heavy atom. The molecule has 2 rings (SSSR count). The average Bonchev–Trinajstić information content (AvgIpc) is 2.52. The van der Waals surface area contributed by atoms with Crippen molar-refractivity contribution in [2.75, 3.05) is 0 Å². The molecule has 2 aromatic rings. The number of rotatable bonds is 2. The van der Waals surface area contributed by atoms with E-state index in [2.05, 4.69) is 31.2 Å². The van der Waals surface area contributed by atoms with Crippen LogP contribution in [0.2, 0.25) is 0 Å². The van der Waals surface area contributed by atoms with Gasteiger partial charge in [-0.3, -0.25) is 0 Å². The Morgan fingerprint density at radius 3 is 1.58 bits per heavy atom. The van der Waals surface area contributed by atoms with Crippen LogP contribution in [-0.4, -0.2) is 4.86 Å². The van der Waals surface area contributed by atoms with Crippen molar-refractivity contribution in [2.45, 2.75) is 34.6 Å². The lowest BCUT2D eigenvalue weighted by atomic mass is 10.0. The van der Waals surface area contributed by atoms with Gasteiger partial charge in [-0.2, -0.15) is 0 Å². The van der Waals surface area contributed by atoms with Crippen molar-refractivity contribution in [3.05, 3.63) is 71.3 Å². The van der Waals surface area contributed by atoms with Gasteiger partial charge in [-0.1, -0.05) is 100 Å². The number of hydrogen-bond donors (Lipinski definition) is 0. The molecule has 2 aromatic carbocycles. The minimum absolute atomic E-state index is 0.913. The van der Waals surface area contributed by atoms with Crippen molar-refractivity contribution in [3.8, 4) is 0 Å². The van der Waals surface area contributed by atoms with Gasteiger partial charge in [0, 0.05) is 0 Å². The highest BCUT2D eigenvalue weighted by molar-refractivity contribution is 7.81. The van der Waals surface area contributed by atoms with E-state index in [1.807, 2.05) is 58.0 Å². The zero-order valence-corrected chi connectivity index (χ0v) is 13.4. The normalized spacial score (nSPS) is 8.47. The molecule has 102 valence electrons. The first-order valence-electron chi connectivity index (χ1n) is 6.94. The van der Waals surface area contributed by atoms with E-state index in [0.717, 1.165) is 16.0 Å². The molecule has 0 radical (unpaired) electrons. The first-order chi connectivity index (χ1) is 9.27. The second kappa shape index (κ2) is 10.5. The topological polar surface area (TPSA) is 0 Å². The van der Waals surface area contributed by atoms with Gasteiger partial charge in [0.25, 0.3) is 0 Å². The first-order valence-corrected chi connectivity index (χ1v) is 7.34. The molecule has 0 aliphatic carbocycles. The summed E-state index contributed by atoms with van der Waals surface area (Å²) in [5, 5.41) is 0. The molecule has 0 atom stereocenters. The van der Waals surface area contributed by atoms with Crippen LogP contribution in [0.1, 0.15) is 44.4 Å². The molecular weight excluding hydrogens is 248 g/mol. The lowest BCUT2D eigenvalue weighted by molar-refractivity contribution is 1.46. The zero-order valence-electron chi connectivity index (χ0n) is 12.6. The van der Waals surface area contributed by atoms with Crippen LogP contribution in [0.4, 0.5) is 0 Å². The quantitative estimate of drug-likeness (QED) is 0.491. The maximum Gasteiger partial charge on any atom is 0.0521 e. The summed E-state index contributed by atoms with van der Waals surface area (Å²) in [4.78, 5) is 0.913. The largest absolute Gasteiger partial charge is 0.0788 e. The van der Waals surface area contributed by atoms with Gasteiger partial charge < -0.3 is 0 Å². The highest BCUT2D eigenvalue weighted by atomic mass is 32.1. The van der Waals surface area contributed by atoms with Gasteiger partial charge in [0.05, 0.1) is 4.86 Å². The molecule has 1 heteroatoms. The molecule has 0 aliphatic rings. The first kappa shape index (κ1) is 17.5. The minimum atomic E-state index is 0.913. The highest BCUT2D eigenvalue weighted by Crippen LogP contribution is 2.11. The molecule has 0 fully saturated rings. The molecule has 0 heterocycles. The van der Waals surface area contributed by atoms with Gasteiger partial charge in [0.15, 0.2) is 0 Å². The Kier molecular flexibility index (Phi) is 9.64. The van der Waals surface area contributed by atoms with Crippen molar-refractivity contribution in [1.82, 2.24) is 0 Å². The monoisotopic (exact) mass is 272 g/mol. The second-order valence-corrected chi connectivity index (χ2v) is 3.97. The predicted octanol–water partition coefficient (Wildman–Crippen LogP) is 5.81. The van der Waals surface area contributed by atoms with E-state index in [-0.39, 0.29) is 0 Å². The third-order valence-electron chi connectivity index (χ3n) is 2.35.